The highest BCUT2D eigenvalue weighted by molar-refractivity contribution is 9.09. The van der Waals surface area contributed by atoms with E-state index in [1.54, 1.807) is 0 Å². The highest BCUT2D eigenvalue weighted by atomic mass is 79.9. The summed E-state index contributed by atoms with van der Waals surface area (Å²) in [5.41, 5.74) is 1.79. The molecule has 1 heterocycles. The van der Waals surface area contributed by atoms with Gasteiger partial charge in [-0.15, -0.1) is 0 Å². The molecule has 4 heteroatoms. The topological polar surface area (TPSA) is 38.3 Å². The fourth-order valence-corrected chi connectivity index (χ4v) is 2.63. The Bertz CT molecular complexity index is 434. The molecule has 0 aromatic heterocycles. The van der Waals surface area contributed by atoms with Crippen LogP contribution in [0.2, 0.25) is 0 Å². The Kier molecular flexibility index (Phi) is 4.64. The molecular formula is C14H18BrNO2. The van der Waals surface area contributed by atoms with E-state index in [1.165, 1.54) is 12.8 Å². The second-order valence-electron chi connectivity index (χ2n) is 4.47. The van der Waals surface area contributed by atoms with Crippen LogP contribution in [-0.2, 0) is 0 Å². The van der Waals surface area contributed by atoms with Crippen LogP contribution in [0.25, 0.3) is 0 Å². The van der Waals surface area contributed by atoms with E-state index in [1.807, 2.05) is 18.2 Å². The van der Waals surface area contributed by atoms with E-state index < -0.39 is 0 Å². The molecule has 1 atom stereocenters. The van der Waals surface area contributed by atoms with Crippen molar-refractivity contribution >= 4 is 21.8 Å². The van der Waals surface area contributed by atoms with Gasteiger partial charge in [-0.25, -0.2) is 0 Å². The van der Waals surface area contributed by atoms with Gasteiger partial charge in [-0.05, 0) is 24.1 Å². The third kappa shape index (κ3) is 3.05. The highest BCUT2D eigenvalue weighted by Crippen LogP contribution is 2.32. The Morgan fingerprint density at radius 1 is 1.50 bits per heavy atom. The molecule has 0 aliphatic carbocycles. The smallest absolute Gasteiger partial charge is 0.255 e. The minimum absolute atomic E-state index is 0.0421. The maximum absolute atomic E-state index is 11.9. The van der Waals surface area contributed by atoms with Crippen molar-refractivity contribution in [2.45, 2.75) is 31.0 Å². The van der Waals surface area contributed by atoms with Crippen LogP contribution in [0.5, 0.6) is 5.75 Å². The van der Waals surface area contributed by atoms with E-state index in [9.17, 15) is 4.79 Å². The fraction of sp³-hybridized carbons (Fsp3) is 0.500. The van der Waals surface area contributed by atoms with Gasteiger partial charge in [0.05, 0.1) is 12.1 Å². The Morgan fingerprint density at radius 3 is 3.11 bits per heavy atom. The number of unbranched alkanes of at least 4 members (excludes halogenated alkanes) is 1. The molecule has 1 aromatic rings. The van der Waals surface area contributed by atoms with Crippen molar-refractivity contribution in [3.8, 4) is 5.75 Å². The monoisotopic (exact) mass is 311 g/mol. The summed E-state index contributed by atoms with van der Waals surface area (Å²) in [6.45, 7) is 3.28. The number of amides is 1. The summed E-state index contributed by atoms with van der Waals surface area (Å²) in [5.74, 6) is 0.642. The van der Waals surface area contributed by atoms with Gasteiger partial charge in [0.15, 0.2) is 0 Å². The van der Waals surface area contributed by atoms with Crippen molar-refractivity contribution in [3.05, 3.63) is 29.3 Å². The average molecular weight is 312 g/mol. The molecule has 0 radical (unpaired) electrons. The van der Waals surface area contributed by atoms with Crippen LogP contribution in [0.1, 0.15) is 46.9 Å². The van der Waals surface area contributed by atoms with E-state index in [0.717, 1.165) is 12.0 Å². The van der Waals surface area contributed by atoms with E-state index in [2.05, 4.69) is 28.2 Å². The lowest BCUT2D eigenvalue weighted by atomic mass is 10.0. The normalized spacial score (nSPS) is 16.2. The number of fused-ring (bicyclic) bond motifs is 1. The number of benzene rings is 1. The molecule has 1 aliphatic rings. The molecule has 0 bridgehead atoms. The number of rotatable bonds is 4. The SMILES string of the molecule is CCCCC(Br)c1ccc2c(c1)C(=O)NCCO2. The quantitative estimate of drug-likeness (QED) is 0.865. The van der Waals surface area contributed by atoms with E-state index in [4.69, 9.17) is 4.74 Å². The molecule has 3 nitrogen and oxygen atoms in total. The van der Waals surface area contributed by atoms with Gasteiger partial charge in [-0.1, -0.05) is 41.8 Å². The number of alkyl halides is 1. The van der Waals surface area contributed by atoms with E-state index in [0.29, 0.717) is 29.3 Å². The molecular weight excluding hydrogens is 294 g/mol. The number of carbonyl (C=O) groups is 1. The van der Waals surface area contributed by atoms with Crippen LogP contribution in [-0.4, -0.2) is 19.1 Å². The molecule has 18 heavy (non-hydrogen) atoms. The largest absolute Gasteiger partial charge is 0.491 e. The predicted molar refractivity (Wildman–Crippen MR) is 75.5 cm³/mol. The van der Waals surface area contributed by atoms with Gasteiger partial charge in [-0.2, -0.15) is 0 Å². The third-order valence-corrected chi connectivity index (χ3v) is 4.05. The Labute approximate surface area is 116 Å². The first kappa shape index (κ1) is 13.4. The number of carbonyl (C=O) groups excluding carboxylic acids is 1. The molecule has 98 valence electrons. The van der Waals surface area contributed by atoms with Crippen LogP contribution in [0.4, 0.5) is 0 Å². The molecule has 0 saturated carbocycles. The minimum Gasteiger partial charge on any atom is -0.491 e. The molecule has 1 amide bonds. The molecule has 0 fully saturated rings. The number of hydrogen-bond acceptors (Lipinski definition) is 2. The standard InChI is InChI=1S/C14H18BrNO2/c1-2-3-4-12(15)10-5-6-13-11(9-10)14(17)16-7-8-18-13/h5-6,9,12H,2-4,7-8H2,1H3,(H,16,17). The van der Waals surface area contributed by atoms with Crippen molar-refractivity contribution in [1.29, 1.82) is 0 Å². The van der Waals surface area contributed by atoms with Crippen LogP contribution >= 0.6 is 15.9 Å². The van der Waals surface area contributed by atoms with Crippen molar-refractivity contribution in [2.24, 2.45) is 0 Å². The van der Waals surface area contributed by atoms with Gasteiger partial charge in [0.1, 0.15) is 12.4 Å². The Balaban J connectivity index is 2.22. The van der Waals surface area contributed by atoms with Crippen LogP contribution in [0.15, 0.2) is 18.2 Å². The van der Waals surface area contributed by atoms with E-state index >= 15 is 0 Å². The minimum atomic E-state index is -0.0421. The second kappa shape index (κ2) is 6.23. The van der Waals surface area contributed by atoms with E-state index in [-0.39, 0.29) is 5.91 Å². The predicted octanol–water partition coefficient (Wildman–Crippen LogP) is 3.44. The maximum Gasteiger partial charge on any atom is 0.255 e. The molecule has 1 aliphatic heterocycles. The molecule has 2 rings (SSSR count). The zero-order valence-corrected chi connectivity index (χ0v) is 12.1. The molecule has 0 spiro atoms. The van der Waals surface area contributed by atoms with Gasteiger partial charge in [0.2, 0.25) is 0 Å². The van der Waals surface area contributed by atoms with Gasteiger partial charge in [0, 0.05) is 4.83 Å². The molecule has 1 aromatic carbocycles. The summed E-state index contributed by atoms with van der Waals surface area (Å²) in [4.78, 5) is 12.2. The van der Waals surface area contributed by atoms with Gasteiger partial charge in [-0.3, -0.25) is 4.79 Å². The number of hydrogen-bond donors (Lipinski definition) is 1. The second-order valence-corrected chi connectivity index (χ2v) is 5.58. The summed E-state index contributed by atoms with van der Waals surface area (Å²) in [6, 6.07) is 5.87. The van der Waals surface area contributed by atoms with Crippen LogP contribution in [0.3, 0.4) is 0 Å². The Hall–Kier alpha value is -1.03. The van der Waals surface area contributed by atoms with Gasteiger partial charge < -0.3 is 10.1 Å². The van der Waals surface area contributed by atoms with Crippen molar-refractivity contribution in [3.63, 3.8) is 0 Å². The summed E-state index contributed by atoms with van der Waals surface area (Å²) in [6.07, 6.45) is 3.43. The first-order valence-corrected chi connectivity index (χ1v) is 7.33. The zero-order chi connectivity index (χ0) is 13.0. The first-order chi connectivity index (χ1) is 8.72. The fourth-order valence-electron chi connectivity index (χ4n) is 2.02. The molecule has 1 N–H and O–H groups in total. The summed E-state index contributed by atoms with van der Waals surface area (Å²) >= 11 is 3.68. The zero-order valence-electron chi connectivity index (χ0n) is 10.5. The third-order valence-electron chi connectivity index (χ3n) is 3.07. The number of ether oxygens (including phenoxy) is 1. The lowest BCUT2D eigenvalue weighted by molar-refractivity contribution is 0.0957. The number of nitrogens with one attached hydrogen (secondary N) is 1. The summed E-state index contributed by atoms with van der Waals surface area (Å²) in [7, 11) is 0. The lowest BCUT2D eigenvalue weighted by Gasteiger charge is -2.12. The highest BCUT2D eigenvalue weighted by Gasteiger charge is 2.18. The van der Waals surface area contributed by atoms with Crippen molar-refractivity contribution in [1.82, 2.24) is 5.32 Å². The maximum atomic E-state index is 11.9. The number of halogens is 1. The first-order valence-electron chi connectivity index (χ1n) is 6.41. The molecule has 1 unspecified atom stereocenters. The Morgan fingerprint density at radius 2 is 2.33 bits per heavy atom. The van der Waals surface area contributed by atoms with Crippen LogP contribution in [0, 0.1) is 0 Å². The summed E-state index contributed by atoms with van der Waals surface area (Å²) < 4.78 is 5.54. The van der Waals surface area contributed by atoms with Crippen molar-refractivity contribution < 1.29 is 9.53 Å². The van der Waals surface area contributed by atoms with Gasteiger partial charge in [0.25, 0.3) is 5.91 Å². The summed E-state index contributed by atoms with van der Waals surface area (Å²) in [5, 5.41) is 2.83. The van der Waals surface area contributed by atoms with Crippen molar-refractivity contribution in [2.75, 3.05) is 13.2 Å². The van der Waals surface area contributed by atoms with Gasteiger partial charge >= 0.3 is 0 Å². The average Bonchev–Trinajstić information content (AvgIpc) is 2.58. The molecule has 0 saturated heterocycles. The van der Waals surface area contributed by atoms with Crippen LogP contribution < -0.4 is 10.1 Å². The lowest BCUT2D eigenvalue weighted by Crippen LogP contribution is -2.24.